The van der Waals surface area contributed by atoms with Gasteiger partial charge in [-0.2, -0.15) is 4.31 Å². The maximum absolute atomic E-state index is 13.9. The highest BCUT2D eigenvalue weighted by atomic mass is 32.2. The van der Waals surface area contributed by atoms with Gasteiger partial charge < -0.3 is 4.90 Å². The van der Waals surface area contributed by atoms with Crippen LogP contribution in [-0.4, -0.2) is 59.3 Å². The molecule has 0 bridgehead atoms. The second-order valence-electron chi connectivity index (χ2n) is 7.05. The number of piperazine rings is 1. The highest BCUT2D eigenvalue weighted by Crippen LogP contribution is 2.20. The summed E-state index contributed by atoms with van der Waals surface area (Å²) < 4.78 is 54.8. The topological polar surface area (TPSA) is 92.6 Å². The Morgan fingerprint density at radius 2 is 1.74 bits per heavy atom. The predicted octanol–water partition coefficient (Wildman–Crippen LogP) is 1.21. The predicted molar refractivity (Wildman–Crippen MR) is 108 cm³/mol. The fourth-order valence-corrected chi connectivity index (χ4v) is 4.95. The monoisotopic (exact) mass is 448 g/mol. The lowest BCUT2D eigenvalue weighted by atomic mass is 10.2. The van der Waals surface area contributed by atoms with Crippen LogP contribution in [0.5, 0.6) is 0 Å². The fourth-order valence-electron chi connectivity index (χ4n) is 3.46. The lowest BCUT2D eigenvalue weighted by Crippen LogP contribution is -2.51. The third kappa shape index (κ3) is 4.06. The van der Waals surface area contributed by atoms with E-state index >= 15 is 0 Å². The van der Waals surface area contributed by atoms with Gasteiger partial charge in [-0.15, -0.1) is 0 Å². The molecule has 1 aliphatic heterocycles. The van der Waals surface area contributed by atoms with E-state index in [0.29, 0.717) is 0 Å². The molecule has 11 heteroatoms. The first-order valence-corrected chi connectivity index (χ1v) is 10.9. The van der Waals surface area contributed by atoms with E-state index in [1.165, 1.54) is 35.5 Å². The van der Waals surface area contributed by atoms with Crippen LogP contribution in [0.2, 0.25) is 0 Å². The molecule has 0 atom stereocenters. The van der Waals surface area contributed by atoms with Crippen molar-refractivity contribution in [2.75, 3.05) is 26.2 Å². The Morgan fingerprint density at radius 1 is 1.03 bits per heavy atom. The van der Waals surface area contributed by atoms with Gasteiger partial charge in [0, 0.05) is 32.2 Å². The molecule has 0 unspecified atom stereocenters. The molecule has 3 aromatic rings. The number of nitrogens with zero attached hydrogens (tertiary/aromatic N) is 4. The van der Waals surface area contributed by atoms with Crippen LogP contribution < -0.4 is 5.56 Å². The van der Waals surface area contributed by atoms with Gasteiger partial charge >= 0.3 is 0 Å². The van der Waals surface area contributed by atoms with Crippen LogP contribution in [0, 0.1) is 11.6 Å². The standard InChI is InChI=1S/C20H18F2N4O4S/c21-14-5-6-15-17(11-14)23-13-25(20(15)28)12-19(27)24-7-9-26(10-8-24)31(29,30)18-4-2-1-3-16(18)22/h1-6,11,13H,7-10,12H2. The summed E-state index contributed by atoms with van der Waals surface area (Å²) >= 11 is 0. The zero-order chi connectivity index (χ0) is 22.2. The molecule has 1 aliphatic rings. The van der Waals surface area contributed by atoms with Gasteiger partial charge in [-0.05, 0) is 24.3 Å². The van der Waals surface area contributed by atoms with Crippen molar-refractivity contribution in [1.29, 1.82) is 0 Å². The molecular formula is C20H18F2N4O4S. The molecule has 2 heterocycles. The van der Waals surface area contributed by atoms with E-state index in [1.807, 2.05) is 0 Å². The SMILES string of the molecule is O=C(Cn1cnc2cc(F)ccc2c1=O)N1CCN(S(=O)(=O)c2ccccc2F)CC1. The third-order valence-electron chi connectivity index (χ3n) is 5.14. The maximum Gasteiger partial charge on any atom is 0.261 e. The second kappa shape index (κ2) is 8.16. The first-order chi connectivity index (χ1) is 14.8. The van der Waals surface area contributed by atoms with Crippen molar-refractivity contribution in [3.8, 4) is 0 Å². The molecule has 1 aromatic heterocycles. The number of sulfonamides is 1. The van der Waals surface area contributed by atoms with E-state index in [1.54, 1.807) is 0 Å². The molecule has 8 nitrogen and oxygen atoms in total. The molecule has 1 amide bonds. The molecule has 31 heavy (non-hydrogen) atoms. The van der Waals surface area contributed by atoms with Gasteiger partial charge in [0.1, 0.15) is 23.1 Å². The number of rotatable bonds is 4. The van der Waals surface area contributed by atoms with E-state index in [2.05, 4.69) is 4.98 Å². The van der Waals surface area contributed by atoms with Crippen molar-refractivity contribution < 1.29 is 22.0 Å². The van der Waals surface area contributed by atoms with Gasteiger partial charge in [-0.3, -0.25) is 14.2 Å². The van der Waals surface area contributed by atoms with Gasteiger partial charge in [-0.25, -0.2) is 22.2 Å². The highest BCUT2D eigenvalue weighted by molar-refractivity contribution is 7.89. The smallest absolute Gasteiger partial charge is 0.261 e. The van der Waals surface area contributed by atoms with Gasteiger partial charge in [0.25, 0.3) is 5.56 Å². The summed E-state index contributed by atoms with van der Waals surface area (Å²) in [6.07, 6.45) is 1.18. The van der Waals surface area contributed by atoms with Crippen LogP contribution in [-0.2, 0) is 21.4 Å². The van der Waals surface area contributed by atoms with Crippen LogP contribution in [0.1, 0.15) is 0 Å². The molecule has 162 valence electrons. The average Bonchev–Trinajstić information content (AvgIpc) is 2.76. The van der Waals surface area contributed by atoms with E-state index in [4.69, 9.17) is 0 Å². The number of benzene rings is 2. The zero-order valence-electron chi connectivity index (χ0n) is 16.2. The molecule has 1 fully saturated rings. The summed E-state index contributed by atoms with van der Waals surface area (Å²) in [7, 11) is -4.01. The minimum atomic E-state index is -4.01. The maximum atomic E-state index is 13.9. The minimum absolute atomic E-state index is 0.00650. The van der Waals surface area contributed by atoms with Crippen LogP contribution in [0.4, 0.5) is 8.78 Å². The first-order valence-electron chi connectivity index (χ1n) is 9.44. The molecule has 1 saturated heterocycles. The van der Waals surface area contributed by atoms with Gasteiger partial charge in [0.15, 0.2) is 0 Å². The normalized spacial score (nSPS) is 15.4. The van der Waals surface area contributed by atoms with E-state index in [0.717, 1.165) is 27.1 Å². The molecule has 2 aromatic carbocycles. The van der Waals surface area contributed by atoms with Crippen LogP contribution in [0.15, 0.2) is 58.5 Å². The number of hydrogen-bond donors (Lipinski definition) is 0. The highest BCUT2D eigenvalue weighted by Gasteiger charge is 2.31. The van der Waals surface area contributed by atoms with E-state index in [-0.39, 0.29) is 49.5 Å². The van der Waals surface area contributed by atoms with Crippen LogP contribution in [0.25, 0.3) is 10.9 Å². The number of halogens is 2. The Labute approximate surface area is 176 Å². The number of hydrogen-bond acceptors (Lipinski definition) is 5. The molecular weight excluding hydrogens is 430 g/mol. The van der Waals surface area contributed by atoms with Gasteiger partial charge in [-0.1, -0.05) is 12.1 Å². The molecule has 0 N–H and O–H groups in total. The summed E-state index contributed by atoms with van der Waals surface area (Å²) in [5.74, 6) is -1.73. The van der Waals surface area contributed by atoms with Crippen molar-refractivity contribution in [3.63, 3.8) is 0 Å². The van der Waals surface area contributed by atoms with E-state index < -0.39 is 32.1 Å². The summed E-state index contributed by atoms with van der Waals surface area (Å²) in [6, 6.07) is 8.73. The Balaban J connectivity index is 1.45. The Bertz CT molecular complexity index is 1320. The number of carbonyl (C=O) groups excluding carboxylic acids is 1. The van der Waals surface area contributed by atoms with Crippen LogP contribution >= 0.6 is 0 Å². The number of fused-ring (bicyclic) bond motifs is 1. The molecule has 0 radical (unpaired) electrons. The van der Waals surface area contributed by atoms with Crippen molar-refractivity contribution >= 4 is 26.8 Å². The second-order valence-corrected chi connectivity index (χ2v) is 8.96. The molecule has 0 aliphatic carbocycles. The Kier molecular flexibility index (Phi) is 5.54. The molecule has 0 saturated carbocycles. The largest absolute Gasteiger partial charge is 0.338 e. The van der Waals surface area contributed by atoms with Crippen LogP contribution in [0.3, 0.4) is 0 Å². The summed E-state index contributed by atoms with van der Waals surface area (Å²) in [6.45, 7) is -0.0563. The third-order valence-corrected chi connectivity index (χ3v) is 7.07. The lowest BCUT2D eigenvalue weighted by Gasteiger charge is -2.34. The zero-order valence-corrected chi connectivity index (χ0v) is 17.1. The number of aromatic nitrogens is 2. The minimum Gasteiger partial charge on any atom is -0.338 e. The molecule has 4 rings (SSSR count). The van der Waals surface area contributed by atoms with Crippen molar-refractivity contribution in [3.05, 3.63) is 70.8 Å². The fraction of sp³-hybridized carbons (Fsp3) is 0.250. The molecule has 0 spiro atoms. The van der Waals surface area contributed by atoms with E-state index in [9.17, 15) is 26.8 Å². The van der Waals surface area contributed by atoms with Gasteiger partial charge in [0.05, 0.1) is 17.2 Å². The Morgan fingerprint density at radius 3 is 2.45 bits per heavy atom. The average molecular weight is 448 g/mol. The number of amides is 1. The van der Waals surface area contributed by atoms with Gasteiger partial charge in [0.2, 0.25) is 15.9 Å². The summed E-state index contributed by atoms with van der Waals surface area (Å²) in [4.78, 5) is 30.2. The number of carbonyl (C=O) groups is 1. The van der Waals surface area contributed by atoms with Crippen molar-refractivity contribution in [2.45, 2.75) is 11.4 Å². The summed E-state index contributed by atoms with van der Waals surface area (Å²) in [5, 5.41) is 0.192. The lowest BCUT2D eigenvalue weighted by molar-refractivity contribution is -0.133. The quantitative estimate of drug-likeness (QED) is 0.598. The first kappa shape index (κ1) is 21.1. The summed E-state index contributed by atoms with van der Waals surface area (Å²) in [5.41, 5.74) is -0.278. The Hall–Kier alpha value is -3.18. The van der Waals surface area contributed by atoms with Crippen molar-refractivity contribution in [1.82, 2.24) is 18.8 Å². The van der Waals surface area contributed by atoms with Crippen molar-refractivity contribution in [2.24, 2.45) is 0 Å².